The van der Waals surface area contributed by atoms with Crippen LogP contribution in [0.5, 0.6) is 0 Å². The molecule has 0 aromatic carbocycles. The van der Waals surface area contributed by atoms with Crippen LogP contribution in [0.3, 0.4) is 0 Å². The van der Waals surface area contributed by atoms with E-state index in [9.17, 15) is 14.4 Å². The standard InChI is InChI=1S/2C3H4O2.C2H5NO2/c2*1-2-3(4)5;3-1-2(4)5/h2*2H,1H2,(H,4,5);1,3H2,(H,4,5). The number of hydrogen-bond donors (Lipinski definition) is 4. The summed E-state index contributed by atoms with van der Waals surface area (Å²) in [5.74, 6) is -2.93. The molecule has 0 fully saturated rings. The molecule has 15 heavy (non-hydrogen) atoms. The number of aliphatic carboxylic acids is 3. The van der Waals surface area contributed by atoms with Crippen molar-refractivity contribution in [2.24, 2.45) is 5.73 Å². The Morgan fingerprint density at radius 3 is 1.13 bits per heavy atom. The maximum atomic E-state index is 9.25. The van der Waals surface area contributed by atoms with Crippen molar-refractivity contribution in [1.29, 1.82) is 0 Å². The number of nitrogens with two attached hydrogens (primary N) is 1. The van der Waals surface area contributed by atoms with Crippen molar-refractivity contribution < 1.29 is 29.7 Å². The maximum Gasteiger partial charge on any atom is 0.327 e. The Kier molecular flexibility index (Phi) is 17.8. The van der Waals surface area contributed by atoms with E-state index in [2.05, 4.69) is 18.9 Å². The Balaban J connectivity index is -0.000000144. The Morgan fingerprint density at radius 2 is 1.13 bits per heavy atom. The lowest BCUT2D eigenvalue weighted by Gasteiger charge is -1.73. The van der Waals surface area contributed by atoms with Gasteiger partial charge < -0.3 is 21.1 Å². The van der Waals surface area contributed by atoms with E-state index in [1.165, 1.54) is 0 Å². The highest BCUT2D eigenvalue weighted by atomic mass is 16.4. The zero-order valence-corrected chi connectivity index (χ0v) is 7.92. The molecule has 0 unspecified atom stereocenters. The quantitative estimate of drug-likeness (QED) is 0.471. The Bertz CT molecular complexity index is 217. The largest absolute Gasteiger partial charge is 0.480 e. The second-order valence-electron chi connectivity index (χ2n) is 1.68. The van der Waals surface area contributed by atoms with E-state index < -0.39 is 17.9 Å². The lowest BCUT2D eigenvalue weighted by molar-refractivity contribution is -0.135. The minimum atomic E-state index is -0.981. The topological polar surface area (TPSA) is 138 Å². The van der Waals surface area contributed by atoms with Crippen LogP contribution in [0.2, 0.25) is 0 Å². The maximum absolute atomic E-state index is 9.25. The average molecular weight is 219 g/mol. The molecular formula is C8H13NO6. The molecule has 0 heterocycles. The Morgan fingerprint density at radius 1 is 1.00 bits per heavy atom. The molecule has 0 aromatic rings. The first-order valence-electron chi connectivity index (χ1n) is 3.44. The molecule has 0 spiro atoms. The van der Waals surface area contributed by atoms with E-state index in [0.717, 1.165) is 12.2 Å². The van der Waals surface area contributed by atoms with Crippen molar-refractivity contribution in [2.45, 2.75) is 0 Å². The first-order valence-corrected chi connectivity index (χ1v) is 3.44. The lowest BCUT2D eigenvalue weighted by atomic mass is 10.7. The highest BCUT2D eigenvalue weighted by Crippen LogP contribution is 1.55. The van der Waals surface area contributed by atoms with Crippen LogP contribution in [0.25, 0.3) is 0 Å². The molecule has 7 heteroatoms. The first-order chi connectivity index (χ1) is 6.81. The van der Waals surface area contributed by atoms with Gasteiger partial charge in [-0.05, 0) is 0 Å². The molecule has 0 amide bonds. The summed E-state index contributed by atoms with van der Waals surface area (Å²) in [5.41, 5.74) is 4.57. The predicted octanol–water partition coefficient (Wildman–Crippen LogP) is -0.456. The summed E-state index contributed by atoms with van der Waals surface area (Å²) in [6.07, 6.45) is 1.67. The molecule has 0 bridgehead atoms. The van der Waals surface area contributed by atoms with Gasteiger partial charge in [0.15, 0.2) is 0 Å². The molecule has 86 valence electrons. The third-order valence-corrected chi connectivity index (χ3v) is 0.524. The number of carbonyl (C=O) groups is 3. The molecule has 0 radical (unpaired) electrons. The van der Waals surface area contributed by atoms with Gasteiger partial charge in [-0.2, -0.15) is 0 Å². The molecule has 0 aliphatic rings. The SMILES string of the molecule is C=CC(=O)O.C=CC(=O)O.NCC(=O)O. The van der Waals surface area contributed by atoms with Crippen LogP contribution in [0, 0.1) is 0 Å². The number of hydrogen-bond acceptors (Lipinski definition) is 4. The number of carboxylic acids is 3. The van der Waals surface area contributed by atoms with Gasteiger partial charge in [0.25, 0.3) is 0 Å². The minimum Gasteiger partial charge on any atom is -0.480 e. The summed E-state index contributed by atoms with van der Waals surface area (Å²) >= 11 is 0. The van der Waals surface area contributed by atoms with Crippen LogP contribution in [-0.2, 0) is 14.4 Å². The molecule has 0 rings (SSSR count). The van der Waals surface area contributed by atoms with Crippen LogP contribution in [0.4, 0.5) is 0 Å². The van der Waals surface area contributed by atoms with E-state index in [-0.39, 0.29) is 6.54 Å². The number of carboxylic acid groups (broad SMARTS) is 3. The molecule has 0 aromatic heterocycles. The monoisotopic (exact) mass is 219 g/mol. The van der Waals surface area contributed by atoms with Crippen LogP contribution < -0.4 is 5.73 Å². The summed E-state index contributed by atoms with van der Waals surface area (Å²) in [6.45, 7) is 5.64. The second kappa shape index (κ2) is 14.4. The van der Waals surface area contributed by atoms with Gasteiger partial charge in [0, 0.05) is 12.2 Å². The van der Waals surface area contributed by atoms with Gasteiger partial charge in [0.05, 0.1) is 6.54 Å². The molecule has 0 aliphatic heterocycles. The highest BCUT2D eigenvalue weighted by molar-refractivity contribution is 5.79. The van der Waals surface area contributed by atoms with Gasteiger partial charge in [-0.3, -0.25) is 4.79 Å². The van der Waals surface area contributed by atoms with Crippen molar-refractivity contribution in [3.8, 4) is 0 Å². The van der Waals surface area contributed by atoms with Gasteiger partial charge in [-0.15, -0.1) is 0 Å². The second-order valence-corrected chi connectivity index (χ2v) is 1.68. The van der Waals surface area contributed by atoms with E-state index in [1.54, 1.807) is 0 Å². The summed E-state index contributed by atoms with van der Waals surface area (Å²) < 4.78 is 0. The highest BCUT2D eigenvalue weighted by Gasteiger charge is 1.81. The zero-order valence-electron chi connectivity index (χ0n) is 7.92. The van der Waals surface area contributed by atoms with E-state index in [0.29, 0.717) is 0 Å². The third-order valence-electron chi connectivity index (χ3n) is 0.524. The van der Waals surface area contributed by atoms with Crippen molar-refractivity contribution >= 4 is 17.9 Å². The van der Waals surface area contributed by atoms with Crippen molar-refractivity contribution in [2.75, 3.05) is 6.54 Å². The van der Waals surface area contributed by atoms with Crippen LogP contribution in [0.15, 0.2) is 25.3 Å². The van der Waals surface area contributed by atoms with Gasteiger partial charge in [0.2, 0.25) is 0 Å². The fourth-order valence-corrected chi connectivity index (χ4v) is 0. The smallest absolute Gasteiger partial charge is 0.327 e. The third kappa shape index (κ3) is 77.6. The van der Waals surface area contributed by atoms with E-state index in [4.69, 9.17) is 15.3 Å². The Labute approximate surface area is 86.1 Å². The molecule has 0 saturated heterocycles. The summed E-state index contributed by atoms with van der Waals surface area (Å²) in [6, 6.07) is 0. The van der Waals surface area contributed by atoms with Crippen molar-refractivity contribution in [3.05, 3.63) is 25.3 Å². The number of rotatable bonds is 3. The summed E-state index contributed by atoms with van der Waals surface area (Å²) in [4.78, 5) is 27.7. The molecule has 5 N–H and O–H groups in total. The molecule has 7 nitrogen and oxygen atoms in total. The zero-order chi connectivity index (χ0) is 12.9. The molecular weight excluding hydrogens is 206 g/mol. The van der Waals surface area contributed by atoms with Crippen LogP contribution >= 0.6 is 0 Å². The predicted molar refractivity (Wildman–Crippen MR) is 52.4 cm³/mol. The van der Waals surface area contributed by atoms with Gasteiger partial charge in [-0.1, -0.05) is 13.2 Å². The molecule has 0 atom stereocenters. The molecule has 0 aliphatic carbocycles. The van der Waals surface area contributed by atoms with Gasteiger partial charge >= 0.3 is 17.9 Å². The van der Waals surface area contributed by atoms with E-state index in [1.807, 2.05) is 0 Å². The van der Waals surface area contributed by atoms with Crippen molar-refractivity contribution in [1.82, 2.24) is 0 Å². The molecule has 0 saturated carbocycles. The van der Waals surface area contributed by atoms with Gasteiger partial charge in [-0.25, -0.2) is 9.59 Å². The summed E-state index contributed by atoms with van der Waals surface area (Å²) in [5, 5.41) is 22.8. The summed E-state index contributed by atoms with van der Waals surface area (Å²) in [7, 11) is 0. The van der Waals surface area contributed by atoms with Crippen molar-refractivity contribution in [3.63, 3.8) is 0 Å². The fourth-order valence-electron chi connectivity index (χ4n) is 0. The normalized spacial score (nSPS) is 6.73. The minimum absolute atomic E-state index is 0.278. The first kappa shape index (κ1) is 18.6. The van der Waals surface area contributed by atoms with E-state index >= 15 is 0 Å². The average Bonchev–Trinajstić information content (AvgIpc) is 2.19. The van der Waals surface area contributed by atoms with Gasteiger partial charge in [0.1, 0.15) is 0 Å². The lowest BCUT2D eigenvalue weighted by Crippen LogP contribution is -2.10. The Hall–Kier alpha value is -2.15. The van der Waals surface area contributed by atoms with Crippen LogP contribution in [-0.4, -0.2) is 39.8 Å². The van der Waals surface area contributed by atoms with Crippen LogP contribution in [0.1, 0.15) is 0 Å². The fraction of sp³-hybridized carbons (Fsp3) is 0.125.